The number of anilines is 1. The highest BCUT2D eigenvalue weighted by atomic mass is 16.3. The Morgan fingerprint density at radius 2 is 1.68 bits per heavy atom. The van der Waals surface area contributed by atoms with Gasteiger partial charge in [-0.1, -0.05) is 18.2 Å². The largest absolute Gasteiger partial charge is 0.508 e. The molecular weight excluding hydrogens is 312 g/mol. The number of benzene rings is 3. The van der Waals surface area contributed by atoms with E-state index in [1.165, 1.54) is 27.9 Å². The van der Waals surface area contributed by atoms with Gasteiger partial charge >= 0.3 is 0 Å². The lowest BCUT2D eigenvalue weighted by Crippen LogP contribution is -1.99. The zero-order chi connectivity index (χ0) is 17.4. The molecule has 4 nitrogen and oxygen atoms in total. The Balaban J connectivity index is 1.70. The average molecular weight is 332 g/mol. The van der Waals surface area contributed by atoms with Crippen molar-refractivity contribution in [3.8, 4) is 11.5 Å². The first-order valence-corrected chi connectivity index (χ1v) is 8.43. The van der Waals surface area contributed by atoms with Crippen molar-refractivity contribution in [2.45, 2.75) is 20.0 Å². The summed E-state index contributed by atoms with van der Waals surface area (Å²) in [5.74, 6) is 0.159. The molecule has 0 spiro atoms. The molecule has 0 amide bonds. The van der Waals surface area contributed by atoms with Gasteiger partial charge in [0.25, 0.3) is 0 Å². The number of nitrogens with zero attached hydrogens (tertiary/aromatic N) is 1. The number of phenols is 2. The van der Waals surface area contributed by atoms with Gasteiger partial charge in [-0.15, -0.1) is 0 Å². The summed E-state index contributed by atoms with van der Waals surface area (Å²) >= 11 is 0. The van der Waals surface area contributed by atoms with Crippen LogP contribution in [0.4, 0.5) is 5.69 Å². The quantitative estimate of drug-likeness (QED) is 0.501. The number of para-hydroxylation sites is 1. The molecule has 4 rings (SSSR count). The zero-order valence-electron chi connectivity index (χ0n) is 14.0. The van der Waals surface area contributed by atoms with E-state index >= 15 is 0 Å². The van der Waals surface area contributed by atoms with Gasteiger partial charge < -0.3 is 20.1 Å². The summed E-state index contributed by atoms with van der Waals surface area (Å²) in [6, 6.07) is 19.4. The third-order valence-corrected chi connectivity index (χ3v) is 4.64. The van der Waals surface area contributed by atoms with E-state index in [0.29, 0.717) is 6.54 Å². The van der Waals surface area contributed by atoms with Crippen molar-refractivity contribution >= 4 is 27.5 Å². The van der Waals surface area contributed by atoms with E-state index in [2.05, 4.69) is 59.3 Å². The predicted octanol–water partition coefficient (Wildman–Crippen LogP) is 4.84. The van der Waals surface area contributed by atoms with Gasteiger partial charge in [0.1, 0.15) is 11.5 Å². The maximum atomic E-state index is 9.91. The number of aromatic hydroxyl groups is 2. The van der Waals surface area contributed by atoms with Crippen molar-refractivity contribution in [1.82, 2.24) is 4.57 Å². The number of fused-ring (bicyclic) bond motifs is 3. The minimum atomic E-state index is 0.0649. The second-order valence-corrected chi connectivity index (χ2v) is 6.16. The Morgan fingerprint density at radius 3 is 2.48 bits per heavy atom. The molecule has 0 bridgehead atoms. The first kappa shape index (κ1) is 15.4. The second kappa shape index (κ2) is 6.06. The van der Waals surface area contributed by atoms with E-state index < -0.39 is 0 Å². The summed E-state index contributed by atoms with van der Waals surface area (Å²) in [6.07, 6.45) is 0. The molecular formula is C21H20N2O2. The first-order valence-electron chi connectivity index (χ1n) is 8.43. The van der Waals surface area contributed by atoms with Crippen LogP contribution in [0.2, 0.25) is 0 Å². The molecule has 0 atom stereocenters. The molecule has 126 valence electrons. The van der Waals surface area contributed by atoms with Gasteiger partial charge in [-0.3, -0.25) is 0 Å². The van der Waals surface area contributed by atoms with Crippen LogP contribution in [0.5, 0.6) is 11.5 Å². The van der Waals surface area contributed by atoms with Crippen LogP contribution in [0.3, 0.4) is 0 Å². The third kappa shape index (κ3) is 2.66. The molecule has 0 aliphatic heterocycles. The van der Waals surface area contributed by atoms with Gasteiger partial charge in [0, 0.05) is 52.2 Å². The third-order valence-electron chi connectivity index (χ3n) is 4.64. The number of hydrogen-bond donors (Lipinski definition) is 3. The summed E-state index contributed by atoms with van der Waals surface area (Å²) in [5.41, 5.74) is 4.21. The maximum absolute atomic E-state index is 9.91. The lowest BCUT2D eigenvalue weighted by Gasteiger charge is -2.09. The normalized spacial score (nSPS) is 11.2. The number of rotatable bonds is 4. The minimum absolute atomic E-state index is 0.0649. The van der Waals surface area contributed by atoms with Crippen molar-refractivity contribution in [1.29, 1.82) is 0 Å². The van der Waals surface area contributed by atoms with Crippen LogP contribution in [0, 0.1) is 0 Å². The Bertz CT molecular complexity index is 1070. The van der Waals surface area contributed by atoms with Crippen LogP contribution < -0.4 is 5.32 Å². The molecule has 1 aromatic heterocycles. The SMILES string of the molecule is CCn1c2ccccc2c2cc(NCc3ccc(O)cc3O)ccc21. The van der Waals surface area contributed by atoms with Crippen molar-refractivity contribution in [2.24, 2.45) is 0 Å². The van der Waals surface area contributed by atoms with Crippen molar-refractivity contribution in [2.75, 3.05) is 5.32 Å². The molecule has 0 aliphatic rings. The lowest BCUT2D eigenvalue weighted by atomic mass is 10.1. The molecule has 3 aromatic carbocycles. The zero-order valence-corrected chi connectivity index (χ0v) is 14.0. The summed E-state index contributed by atoms with van der Waals surface area (Å²) in [6.45, 7) is 3.58. The number of aryl methyl sites for hydroxylation is 1. The van der Waals surface area contributed by atoms with Gasteiger partial charge in [0.05, 0.1) is 0 Å². The van der Waals surface area contributed by atoms with E-state index in [1.54, 1.807) is 12.1 Å². The first-order chi connectivity index (χ1) is 12.2. The van der Waals surface area contributed by atoms with Gasteiger partial charge in [0.15, 0.2) is 0 Å². The molecule has 3 N–H and O–H groups in total. The Hall–Kier alpha value is -3.14. The van der Waals surface area contributed by atoms with Crippen molar-refractivity contribution < 1.29 is 10.2 Å². The molecule has 25 heavy (non-hydrogen) atoms. The fourth-order valence-electron chi connectivity index (χ4n) is 3.40. The fourth-order valence-corrected chi connectivity index (χ4v) is 3.40. The Labute approximate surface area is 146 Å². The summed E-state index contributed by atoms with van der Waals surface area (Å²) in [5, 5.41) is 25.1. The summed E-state index contributed by atoms with van der Waals surface area (Å²) < 4.78 is 2.32. The number of hydrogen-bond acceptors (Lipinski definition) is 3. The van der Waals surface area contributed by atoms with Crippen LogP contribution in [0.25, 0.3) is 21.8 Å². The van der Waals surface area contributed by atoms with E-state index in [1.807, 2.05) is 0 Å². The van der Waals surface area contributed by atoms with Gasteiger partial charge in [-0.2, -0.15) is 0 Å². The molecule has 0 saturated carbocycles. The van der Waals surface area contributed by atoms with Crippen LogP contribution >= 0.6 is 0 Å². The monoisotopic (exact) mass is 332 g/mol. The van der Waals surface area contributed by atoms with Crippen LogP contribution in [-0.2, 0) is 13.1 Å². The fraction of sp³-hybridized carbons (Fsp3) is 0.143. The number of nitrogens with one attached hydrogen (secondary N) is 1. The molecule has 0 fully saturated rings. The van der Waals surface area contributed by atoms with E-state index in [9.17, 15) is 10.2 Å². The minimum Gasteiger partial charge on any atom is -0.508 e. The summed E-state index contributed by atoms with van der Waals surface area (Å²) in [4.78, 5) is 0. The molecule has 0 radical (unpaired) electrons. The van der Waals surface area contributed by atoms with Crippen LogP contribution in [0.1, 0.15) is 12.5 Å². The number of phenolic OH excluding ortho intramolecular Hbond substituents is 2. The van der Waals surface area contributed by atoms with Gasteiger partial charge in [-0.05, 0) is 43.3 Å². The Morgan fingerprint density at radius 1 is 0.880 bits per heavy atom. The lowest BCUT2D eigenvalue weighted by molar-refractivity contribution is 0.446. The van der Waals surface area contributed by atoms with Gasteiger partial charge in [0.2, 0.25) is 0 Å². The molecule has 0 saturated heterocycles. The standard InChI is InChI=1S/C21H20N2O2/c1-2-23-19-6-4-3-5-17(19)18-11-15(8-10-20(18)23)22-13-14-7-9-16(24)12-21(14)25/h3-12,22,24-25H,2,13H2,1H3. The molecule has 0 aliphatic carbocycles. The molecule has 1 heterocycles. The highest BCUT2D eigenvalue weighted by molar-refractivity contribution is 6.09. The number of aromatic nitrogens is 1. The van der Waals surface area contributed by atoms with Crippen LogP contribution in [0.15, 0.2) is 60.7 Å². The van der Waals surface area contributed by atoms with Gasteiger partial charge in [-0.25, -0.2) is 0 Å². The molecule has 0 unspecified atom stereocenters. The molecule has 4 heteroatoms. The maximum Gasteiger partial charge on any atom is 0.124 e. The highest BCUT2D eigenvalue weighted by Crippen LogP contribution is 2.31. The molecule has 4 aromatic rings. The Kier molecular flexibility index (Phi) is 3.73. The van der Waals surface area contributed by atoms with E-state index in [0.717, 1.165) is 17.8 Å². The van der Waals surface area contributed by atoms with E-state index in [4.69, 9.17) is 0 Å². The van der Waals surface area contributed by atoms with Crippen molar-refractivity contribution in [3.63, 3.8) is 0 Å². The highest BCUT2D eigenvalue weighted by Gasteiger charge is 2.10. The smallest absolute Gasteiger partial charge is 0.124 e. The average Bonchev–Trinajstić information content (AvgIpc) is 2.94. The topological polar surface area (TPSA) is 57.4 Å². The van der Waals surface area contributed by atoms with Crippen molar-refractivity contribution in [3.05, 3.63) is 66.2 Å². The van der Waals surface area contributed by atoms with E-state index in [-0.39, 0.29) is 11.5 Å². The summed E-state index contributed by atoms with van der Waals surface area (Å²) in [7, 11) is 0. The van der Waals surface area contributed by atoms with Crippen LogP contribution in [-0.4, -0.2) is 14.8 Å². The predicted molar refractivity (Wildman–Crippen MR) is 102 cm³/mol. The second-order valence-electron chi connectivity index (χ2n) is 6.16.